The molecule has 0 amide bonds. The van der Waals surface area contributed by atoms with E-state index in [-0.39, 0.29) is 29.3 Å². The van der Waals surface area contributed by atoms with Crippen molar-refractivity contribution in [3.05, 3.63) is 48.0 Å². The number of rotatable bonds is 7. The summed E-state index contributed by atoms with van der Waals surface area (Å²) in [5.74, 6) is -1.99. The van der Waals surface area contributed by atoms with Gasteiger partial charge in [0, 0.05) is 5.92 Å². The van der Waals surface area contributed by atoms with Crippen LogP contribution in [0.3, 0.4) is 0 Å². The van der Waals surface area contributed by atoms with Gasteiger partial charge in [-0.1, -0.05) is 12.1 Å². The number of hydrogen-bond acceptors (Lipinski definition) is 3. The van der Waals surface area contributed by atoms with E-state index in [1.165, 1.54) is 12.1 Å². The Morgan fingerprint density at radius 1 is 1.19 bits per heavy atom. The van der Waals surface area contributed by atoms with Crippen LogP contribution >= 0.6 is 0 Å². The maximum atomic E-state index is 14.6. The fourth-order valence-corrected chi connectivity index (χ4v) is 2.80. The molecule has 26 heavy (non-hydrogen) atoms. The third-order valence-corrected chi connectivity index (χ3v) is 4.27. The van der Waals surface area contributed by atoms with Gasteiger partial charge in [-0.15, -0.1) is 0 Å². The highest BCUT2D eigenvalue weighted by molar-refractivity contribution is 5.73. The number of halogens is 2. The molecular weight excluding hydrogens is 342 g/mol. The van der Waals surface area contributed by atoms with E-state index in [1.807, 2.05) is 0 Å². The first-order valence-corrected chi connectivity index (χ1v) is 8.47. The Labute approximate surface area is 150 Å². The molecule has 1 fully saturated rings. The van der Waals surface area contributed by atoms with E-state index in [0.717, 1.165) is 0 Å². The Morgan fingerprint density at radius 2 is 1.88 bits per heavy atom. The molecule has 0 heterocycles. The molecule has 2 aromatic rings. The van der Waals surface area contributed by atoms with Crippen molar-refractivity contribution in [2.45, 2.75) is 26.4 Å². The molecule has 2 aromatic carbocycles. The van der Waals surface area contributed by atoms with Crippen molar-refractivity contribution < 1.29 is 28.2 Å². The Bertz CT molecular complexity index is 802. The normalized spacial score (nSPS) is 18.7. The minimum atomic E-state index is -0.802. The number of carbonyl (C=O) groups is 1. The minimum absolute atomic E-state index is 0.00479. The van der Waals surface area contributed by atoms with Gasteiger partial charge in [0.05, 0.1) is 24.2 Å². The van der Waals surface area contributed by atoms with Crippen LogP contribution in [0.5, 0.6) is 11.5 Å². The molecule has 0 aliphatic heterocycles. The number of aliphatic carboxylic acids is 1. The fraction of sp³-hybridized carbons (Fsp3) is 0.350. The predicted molar refractivity (Wildman–Crippen MR) is 92.3 cm³/mol. The van der Waals surface area contributed by atoms with Gasteiger partial charge in [0.25, 0.3) is 0 Å². The standard InChI is InChI=1S/C20H20F2O4/c1-11(2)26-17-8-7-16(21)18(19(17)22)12-3-5-14(6-4-12)25-10-13-9-15(13)20(23)24/h3-8,11,13,15H,9-10H2,1-2H3,(H,23,24)/t13-,15+/m0/s1. The Balaban J connectivity index is 1.73. The van der Waals surface area contributed by atoms with Gasteiger partial charge in [0.15, 0.2) is 11.6 Å². The number of hydrogen-bond donors (Lipinski definition) is 1. The van der Waals surface area contributed by atoms with E-state index < -0.39 is 17.6 Å². The molecular formula is C20H20F2O4. The third kappa shape index (κ3) is 3.95. The van der Waals surface area contributed by atoms with Crippen LogP contribution in [-0.4, -0.2) is 23.8 Å². The van der Waals surface area contributed by atoms with Crippen LogP contribution in [0.2, 0.25) is 0 Å². The summed E-state index contributed by atoms with van der Waals surface area (Å²) in [5, 5.41) is 8.88. The zero-order valence-electron chi connectivity index (χ0n) is 14.5. The van der Waals surface area contributed by atoms with Crippen LogP contribution in [0.4, 0.5) is 8.78 Å². The van der Waals surface area contributed by atoms with Gasteiger partial charge in [-0.2, -0.15) is 0 Å². The van der Waals surface area contributed by atoms with E-state index in [4.69, 9.17) is 14.6 Å². The van der Waals surface area contributed by atoms with E-state index in [1.54, 1.807) is 38.1 Å². The molecule has 1 aliphatic carbocycles. The van der Waals surface area contributed by atoms with E-state index in [0.29, 0.717) is 24.3 Å². The lowest BCUT2D eigenvalue weighted by Gasteiger charge is -2.14. The van der Waals surface area contributed by atoms with Crippen molar-refractivity contribution >= 4 is 5.97 Å². The number of carboxylic acids is 1. The first kappa shape index (κ1) is 18.2. The molecule has 6 heteroatoms. The van der Waals surface area contributed by atoms with Crippen LogP contribution < -0.4 is 9.47 Å². The van der Waals surface area contributed by atoms with Crippen molar-refractivity contribution in [2.24, 2.45) is 11.8 Å². The van der Waals surface area contributed by atoms with E-state index >= 15 is 0 Å². The van der Waals surface area contributed by atoms with Crippen LogP contribution in [0.25, 0.3) is 11.1 Å². The monoisotopic (exact) mass is 362 g/mol. The molecule has 0 saturated heterocycles. The largest absolute Gasteiger partial charge is 0.493 e. The summed E-state index contributed by atoms with van der Waals surface area (Å²) in [4.78, 5) is 10.8. The van der Waals surface area contributed by atoms with Crippen molar-refractivity contribution in [3.63, 3.8) is 0 Å². The van der Waals surface area contributed by atoms with Crippen molar-refractivity contribution in [1.29, 1.82) is 0 Å². The maximum Gasteiger partial charge on any atom is 0.306 e. The molecule has 0 aromatic heterocycles. The second-order valence-electron chi connectivity index (χ2n) is 6.68. The zero-order valence-corrected chi connectivity index (χ0v) is 14.5. The average Bonchev–Trinajstić information content (AvgIpc) is 3.37. The van der Waals surface area contributed by atoms with Crippen molar-refractivity contribution in [3.8, 4) is 22.6 Å². The van der Waals surface area contributed by atoms with Crippen LogP contribution in [-0.2, 0) is 4.79 Å². The van der Waals surface area contributed by atoms with E-state index in [2.05, 4.69) is 0 Å². The average molecular weight is 362 g/mol. The van der Waals surface area contributed by atoms with Gasteiger partial charge in [-0.3, -0.25) is 4.79 Å². The fourth-order valence-electron chi connectivity index (χ4n) is 2.80. The van der Waals surface area contributed by atoms with Gasteiger partial charge in [-0.25, -0.2) is 8.78 Å². The van der Waals surface area contributed by atoms with Gasteiger partial charge in [0.2, 0.25) is 0 Å². The third-order valence-electron chi connectivity index (χ3n) is 4.27. The molecule has 138 valence electrons. The first-order chi connectivity index (χ1) is 12.4. The van der Waals surface area contributed by atoms with Crippen molar-refractivity contribution in [1.82, 2.24) is 0 Å². The van der Waals surface area contributed by atoms with Gasteiger partial charge >= 0.3 is 5.97 Å². The van der Waals surface area contributed by atoms with E-state index in [9.17, 15) is 13.6 Å². The second-order valence-corrected chi connectivity index (χ2v) is 6.68. The van der Waals surface area contributed by atoms with Crippen molar-refractivity contribution in [2.75, 3.05) is 6.61 Å². The lowest BCUT2D eigenvalue weighted by molar-refractivity contribution is -0.138. The lowest BCUT2D eigenvalue weighted by Crippen LogP contribution is -2.08. The van der Waals surface area contributed by atoms with Gasteiger partial charge < -0.3 is 14.6 Å². The highest BCUT2D eigenvalue weighted by atomic mass is 19.1. The Kier molecular flexibility index (Phi) is 5.11. The first-order valence-electron chi connectivity index (χ1n) is 8.47. The summed E-state index contributed by atoms with van der Waals surface area (Å²) in [6.07, 6.45) is 0.391. The lowest BCUT2D eigenvalue weighted by atomic mass is 10.0. The Morgan fingerprint density at radius 3 is 2.46 bits per heavy atom. The topological polar surface area (TPSA) is 55.8 Å². The highest BCUT2D eigenvalue weighted by Crippen LogP contribution is 2.39. The predicted octanol–water partition coefficient (Wildman–Crippen LogP) is 4.52. The summed E-state index contributed by atoms with van der Waals surface area (Å²) in [6, 6.07) is 8.82. The summed E-state index contributed by atoms with van der Waals surface area (Å²) >= 11 is 0. The molecule has 0 spiro atoms. The molecule has 4 nitrogen and oxygen atoms in total. The highest BCUT2D eigenvalue weighted by Gasteiger charge is 2.43. The molecule has 2 atom stereocenters. The molecule has 0 unspecified atom stereocenters. The number of ether oxygens (including phenoxy) is 2. The molecule has 1 N–H and O–H groups in total. The summed E-state index contributed by atoms with van der Waals surface area (Å²) in [6.45, 7) is 3.85. The zero-order chi connectivity index (χ0) is 18.8. The molecule has 1 aliphatic rings. The summed E-state index contributed by atoms with van der Waals surface area (Å²) in [5.41, 5.74) is 0.222. The second kappa shape index (κ2) is 7.32. The number of carboxylic acid groups (broad SMARTS) is 1. The van der Waals surface area contributed by atoms with Gasteiger partial charge in [0.1, 0.15) is 11.6 Å². The van der Waals surface area contributed by atoms with Crippen LogP contribution in [0.15, 0.2) is 36.4 Å². The molecule has 0 radical (unpaired) electrons. The van der Waals surface area contributed by atoms with Gasteiger partial charge in [-0.05, 0) is 50.1 Å². The summed E-state index contributed by atoms with van der Waals surface area (Å²) in [7, 11) is 0. The minimum Gasteiger partial charge on any atom is -0.493 e. The smallest absolute Gasteiger partial charge is 0.306 e. The van der Waals surface area contributed by atoms with Crippen LogP contribution in [0.1, 0.15) is 20.3 Å². The Hall–Kier alpha value is -2.63. The van der Waals surface area contributed by atoms with Crippen LogP contribution in [0, 0.1) is 23.5 Å². The molecule has 1 saturated carbocycles. The maximum absolute atomic E-state index is 14.6. The molecule has 3 rings (SSSR count). The number of benzene rings is 2. The molecule has 0 bridgehead atoms. The summed E-state index contributed by atoms with van der Waals surface area (Å²) < 4.78 is 39.7. The SMILES string of the molecule is CC(C)Oc1ccc(F)c(-c2ccc(OC[C@@H]3C[C@H]3C(=O)O)cc2)c1F. The quantitative estimate of drug-likeness (QED) is 0.787.